The van der Waals surface area contributed by atoms with Gasteiger partial charge in [0.25, 0.3) is 5.91 Å². The van der Waals surface area contributed by atoms with Crippen molar-refractivity contribution in [3.05, 3.63) is 119 Å². The Hall–Kier alpha value is -4.51. The number of carbonyl (C=O) groups is 1. The molecule has 0 saturated carbocycles. The van der Waals surface area contributed by atoms with E-state index in [2.05, 4.69) is 54.1 Å². The van der Waals surface area contributed by atoms with Crippen molar-refractivity contribution in [2.24, 2.45) is 7.05 Å². The van der Waals surface area contributed by atoms with Gasteiger partial charge in [0.15, 0.2) is 0 Å². The monoisotopic (exact) mass is 502 g/mol. The van der Waals surface area contributed by atoms with Crippen LogP contribution in [0.4, 0.5) is 0 Å². The third-order valence-corrected chi connectivity index (χ3v) is 7.62. The number of fused-ring (bicyclic) bond motifs is 2. The third-order valence-electron chi connectivity index (χ3n) is 7.62. The van der Waals surface area contributed by atoms with Crippen molar-refractivity contribution in [1.29, 1.82) is 0 Å². The summed E-state index contributed by atoms with van der Waals surface area (Å²) in [5, 5.41) is 1.12. The van der Waals surface area contributed by atoms with Crippen LogP contribution in [0, 0.1) is 0 Å². The number of methoxy groups -OCH3 is 2. The Morgan fingerprint density at radius 2 is 1.53 bits per heavy atom. The topological polar surface area (TPSA) is 43.7 Å². The van der Waals surface area contributed by atoms with E-state index in [1.165, 1.54) is 5.56 Å². The average molecular weight is 503 g/mol. The van der Waals surface area contributed by atoms with E-state index in [-0.39, 0.29) is 11.9 Å². The molecule has 0 radical (unpaired) electrons. The first-order valence-corrected chi connectivity index (χ1v) is 12.9. The van der Waals surface area contributed by atoms with Gasteiger partial charge in [0.1, 0.15) is 11.5 Å². The molecular formula is C33H30N2O3. The lowest BCUT2D eigenvalue weighted by Crippen LogP contribution is -2.31. The van der Waals surface area contributed by atoms with Gasteiger partial charge in [-0.15, -0.1) is 0 Å². The smallest absolute Gasteiger partial charge is 0.255 e. The van der Waals surface area contributed by atoms with E-state index in [1.807, 2.05) is 59.5 Å². The van der Waals surface area contributed by atoms with Crippen molar-refractivity contribution in [1.82, 2.24) is 9.47 Å². The zero-order valence-corrected chi connectivity index (χ0v) is 21.8. The van der Waals surface area contributed by atoms with Gasteiger partial charge in [0.05, 0.1) is 26.0 Å². The molecule has 6 rings (SSSR count). The fourth-order valence-electron chi connectivity index (χ4n) is 5.83. The largest absolute Gasteiger partial charge is 0.497 e. The molecule has 1 aliphatic rings. The standard InChI is InChI=1S/C33H30N2O3/c1-34-28-16-10-9-15-26(28)30(31(34)27-21-23(37-2)17-18-29(27)38-3)32-24-13-7-8-14-25(24)33(36)35(32)20-19-22-11-5-4-6-12-22/h4-18,21,32H,19-20H2,1-3H3/t32-/m0/s1. The van der Waals surface area contributed by atoms with Gasteiger partial charge in [-0.05, 0) is 47.9 Å². The normalized spacial score (nSPS) is 14.7. The minimum Gasteiger partial charge on any atom is -0.497 e. The maximum absolute atomic E-state index is 13.9. The average Bonchev–Trinajstić information content (AvgIpc) is 3.42. The second-order valence-electron chi connectivity index (χ2n) is 9.63. The first kappa shape index (κ1) is 23.9. The summed E-state index contributed by atoms with van der Waals surface area (Å²) in [7, 11) is 5.44. The number of hydrogen-bond acceptors (Lipinski definition) is 3. The molecule has 1 amide bonds. The minimum absolute atomic E-state index is 0.0676. The summed E-state index contributed by atoms with van der Waals surface area (Å²) in [6.45, 7) is 0.611. The Kier molecular flexibility index (Phi) is 6.12. The van der Waals surface area contributed by atoms with Gasteiger partial charge in [-0.2, -0.15) is 0 Å². The molecule has 2 heterocycles. The summed E-state index contributed by atoms with van der Waals surface area (Å²) in [6.07, 6.45) is 0.777. The highest BCUT2D eigenvalue weighted by Gasteiger charge is 2.40. The van der Waals surface area contributed by atoms with E-state index in [0.29, 0.717) is 6.54 Å². The van der Waals surface area contributed by atoms with Crippen molar-refractivity contribution < 1.29 is 14.3 Å². The van der Waals surface area contributed by atoms with Crippen LogP contribution in [0.5, 0.6) is 11.5 Å². The quantitative estimate of drug-likeness (QED) is 0.250. The maximum Gasteiger partial charge on any atom is 0.255 e. The Balaban J connectivity index is 1.60. The van der Waals surface area contributed by atoms with Crippen LogP contribution in [0.1, 0.15) is 33.1 Å². The second kappa shape index (κ2) is 9.75. The van der Waals surface area contributed by atoms with Gasteiger partial charge in [-0.25, -0.2) is 0 Å². The molecular weight excluding hydrogens is 472 g/mol. The van der Waals surface area contributed by atoms with Gasteiger partial charge in [-0.1, -0.05) is 66.7 Å². The van der Waals surface area contributed by atoms with Gasteiger partial charge >= 0.3 is 0 Å². The first-order chi connectivity index (χ1) is 18.6. The van der Waals surface area contributed by atoms with Gasteiger partial charge in [0, 0.05) is 41.2 Å². The number of ether oxygens (including phenoxy) is 2. The summed E-state index contributed by atoms with van der Waals surface area (Å²) in [6, 6.07) is 32.4. The van der Waals surface area contributed by atoms with Crippen LogP contribution >= 0.6 is 0 Å². The van der Waals surface area contributed by atoms with Crippen molar-refractivity contribution in [2.75, 3.05) is 20.8 Å². The number of carbonyl (C=O) groups excluding carboxylic acids is 1. The van der Waals surface area contributed by atoms with E-state index in [9.17, 15) is 4.79 Å². The molecule has 0 bridgehead atoms. The molecule has 0 aliphatic carbocycles. The molecule has 4 aromatic carbocycles. The summed E-state index contributed by atoms with van der Waals surface area (Å²) >= 11 is 0. The lowest BCUT2D eigenvalue weighted by molar-refractivity contribution is 0.0753. The lowest BCUT2D eigenvalue weighted by atomic mass is 9.92. The van der Waals surface area contributed by atoms with Crippen molar-refractivity contribution in [3.63, 3.8) is 0 Å². The zero-order valence-electron chi connectivity index (χ0n) is 21.8. The number of benzene rings is 4. The molecule has 5 nitrogen and oxygen atoms in total. The number of aromatic nitrogens is 1. The Morgan fingerprint density at radius 3 is 2.32 bits per heavy atom. The number of para-hydroxylation sites is 1. The zero-order chi connectivity index (χ0) is 26.2. The molecule has 0 fully saturated rings. The number of hydrogen-bond donors (Lipinski definition) is 0. The van der Waals surface area contributed by atoms with Crippen LogP contribution in [0.15, 0.2) is 97.1 Å². The van der Waals surface area contributed by atoms with Gasteiger partial charge < -0.3 is 18.9 Å². The molecule has 5 aromatic rings. The van der Waals surface area contributed by atoms with E-state index >= 15 is 0 Å². The van der Waals surface area contributed by atoms with Crippen LogP contribution in [0.3, 0.4) is 0 Å². The summed E-state index contributed by atoms with van der Waals surface area (Å²) in [4.78, 5) is 15.9. The van der Waals surface area contributed by atoms with Crippen LogP contribution in [-0.4, -0.2) is 36.1 Å². The fourth-order valence-corrected chi connectivity index (χ4v) is 5.83. The number of amides is 1. The second-order valence-corrected chi connectivity index (χ2v) is 9.63. The molecule has 1 atom stereocenters. The Morgan fingerprint density at radius 1 is 0.789 bits per heavy atom. The van der Waals surface area contributed by atoms with E-state index < -0.39 is 0 Å². The molecule has 190 valence electrons. The van der Waals surface area contributed by atoms with Crippen molar-refractivity contribution in [2.45, 2.75) is 12.5 Å². The molecule has 0 unspecified atom stereocenters. The minimum atomic E-state index is -0.237. The van der Waals surface area contributed by atoms with Crippen LogP contribution in [0.2, 0.25) is 0 Å². The highest BCUT2D eigenvalue weighted by atomic mass is 16.5. The number of rotatable bonds is 7. The van der Waals surface area contributed by atoms with Crippen LogP contribution in [0.25, 0.3) is 22.2 Å². The highest BCUT2D eigenvalue weighted by molar-refractivity contribution is 6.02. The number of aryl methyl sites for hydroxylation is 1. The predicted octanol–water partition coefficient (Wildman–Crippen LogP) is 6.65. The lowest BCUT2D eigenvalue weighted by Gasteiger charge is -2.27. The molecule has 38 heavy (non-hydrogen) atoms. The molecule has 1 aliphatic heterocycles. The molecule has 5 heteroatoms. The molecule has 0 spiro atoms. The maximum atomic E-state index is 13.9. The van der Waals surface area contributed by atoms with Crippen LogP contribution in [-0.2, 0) is 13.5 Å². The molecule has 1 aromatic heterocycles. The fraction of sp³-hybridized carbons (Fsp3) is 0.182. The summed E-state index contributed by atoms with van der Waals surface area (Å²) in [5.74, 6) is 1.57. The SMILES string of the molecule is COc1ccc(OC)c(-c2c([C@@H]3c4ccccc4C(=O)N3CCc3ccccc3)c3ccccc3n2C)c1. The van der Waals surface area contributed by atoms with E-state index in [1.54, 1.807) is 14.2 Å². The summed E-state index contributed by atoms with van der Waals surface area (Å²) in [5.41, 5.74) is 7.15. The molecule has 0 saturated heterocycles. The van der Waals surface area contributed by atoms with Crippen LogP contribution < -0.4 is 9.47 Å². The van der Waals surface area contributed by atoms with Crippen molar-refractivity contribution in [3.8, 4) is 22.8 Å². The number of nitrogens with zero attached hydrogens (tertiary/aromatic N) is 2. The predicted molar refractivity (Wildman–Crippen MR) is 151 cm³/mol. The third kappa shape index (κ3) is 3.82. The van der Waals surface area contributed by atoms with E-state index in [4.69, 9.17) is 9.47 Å². The van der Waals surface area contributed by atoms with Gasteiger partial charge in [-0.3, -0.25) is 4.79 Å². The Labute approximate surface area is 222 Å². The van der Waals surface area contributed by atoms with Crippen molar-refractivity contribution >= 4 is 16.8 Å². The van der Waals surface area contributed by atoms with Gasteiger partial charge in [0.2, 0.25) is 0 Å². The highest BCUT2D eigenvalue weighted by Crippen LogP contribution is 2.48. The molecule has 0 N–H and O–H groups in total. The summed E-state index contributed by atoms with van der Waals surface area (Å²) < 4.78 is 13.7. The first-order valence-electron chi connectivity index (χ1n) is 12.9. The van der Waals surface area contributed by atoms with E-state index in [0.717, 1.165) is 56.8 Å². The Bertz CT molecular complexity index is 1640.